The molecule has 0 saturated heterocycles. The van der Waals surface area contributed by atoms with Crippen molar-refractivity contribution in [3.05, 3.63) is 29.8 Å². The lowest BCUT2D eigenvalue weighted by atomic mass is 9.45. The van der Waals surface area contributed by atoms with Gasteiger partial charge >= 0.3 is 0 Å². The van der Waals surface area contributed by atoms with E-state index >= 15 is 0 Å². The summed E-state index contributed by atoms with van der Waals surface area (Å²) >= 11 is 0. The Balaban J connectivity index is 1.34. The third-order valence-corrected chi connectivity index (χ3v) is 11.0. The number of hydrogen-bond acceptors (Lipinski definition) is 5. The van der Waals surface area contributed by atoms with Gasteiger partial charge in [-0.1, -0.05) is 31.5 Å². The quantitative estimate of drug-likeness (QED) is 0.605. The van der Waals surface area contributed by atoms with Gasteiger partial charge in [0.2, 0.25) is 0 Å². The van der Waals surface area contributed by atoms with Gasteiger partial charge in [0.15, 0.2) is 0 Å². The third kappa shape index (κ3) is 3.32. The van der Waals surface area contributed by atoms with Gasteiger partial charge in [-0.25, -0.2) is 0 Å². The monoisotopic (exact) mass is 458 g/mol. The summed E-state index contributed by atoms with van der Waals surface area (Å²) in [5.41, 5.74) is 0.427. The number of hydrogen-bond donors (Lipinski definition) is 0. The molecule has 4 saturated carbocycles. The number of benzene rings is 1. The van der Waals surface area contributed by atoms with E-state index in [1.165, 1.54) is 0 Å². The molecule has 32 heavy (non-hydrogen) atoms. The van der Waals surface area contributed by atoms with Crippen LogP contribution < -0.4 is 0 Å². The highest BCUT2D eigenvalue weighted by Crippen LogP contribution is 2.64. The molecule has 0 bridgehead atoms. The fraction of sp³-hybridized carbons (Fsp3) is 0.692. The van der Waals surface area contributed by atoms with Crippen LogP contribution >= 0.6 is 0 Å². The van der Waals surface area contributed by atoms with Crippen molar-refractivity contribution in [2.75, 3.05) is 0 Å². The van der Waals surface area contributed by atoms with Crippen molar-refractivity contribution in [2.45, 2.75) is 83.1 Å². The van der Waals surface area contributed by atoms with Gasteiger partial charge in [-0.15, -0.1) is 0 Å². The number of aryl methyl sites for hydroxylation is 1. The molecule has 0 aliphatic heterocycles. The van der Waals surface area contributed by atoms with Crippen LogP contribution in [0.5, 0.6) is 0 Å². The largest absolute Gasteiger partial charge is 0.299 e. The van der Waals surface area contributed by atoms with Crippen LogP contribution in [-0.2, 0) is 23.9 Å². The summed E-state index contributed by atoms with van der Waals surface area (Å²) in [6, 6.07) is 6.77. The summed E-state index contributed by atoms with van der Waals surface area (Å²) in [4.78, 5) is 26.2. The summed E-state index contributed by atoms with van der Waals surface area (Å²) in [5.74, 6) is 1.44. The maximum absolute atomic E-state index is 13.4. The van der Waals surface area contributed by atoms with E-state index in [4.69, 9.17) is 4.18 Å². The smallest absolute Gasteiger partial charge is 0.297 e. The zero-order valence-corrected chi connectivity index (χ0v) is 20.1. The van der Waals surface area contributed by atoms with Gasteiger partial charge in [-0.2, -0.15) is 8.42 Å². The van der Waals surface area contributed by atoms with Crippen LogP contribution in [0.4, 0.5) is 0 Å². The molecule has 7 atom stereocenters. The van der Waals surface area contributed by atoms with Crippen molar-refractivity contribution in [3.63, 3.8) is 0 Å². The molecule has 1 aromatic carbocycles. The van der Waals surface area contributed by atoms with E-state index in [2.05, 4.69) is 6.92 Å². The van der Waals surface area contributed by atoms with E-state index in [1.807, 2.05) is 13.8 Å². The van der Waals surface area contributed by atoms with Crippen LogP contribution in [0.25, 0.3) is 0 Å². The highest BCUT2D eigenvalue weighted by atomic mass is 32.2. The zero-order valence-electron chi connectivity index (χ0n) is 19.3. The number of carbonyl (C=O) groups is 2. The number of fused-ring (bicyclic) bond motifs is 5. The van der Waals surface area contributed by atoms with E-state index in [-0.39, 0.29) is 39.8 Å². The first-order valence-corrected chi connectivity index (χ1v) is 13.5. The number of ketones is 2. The summed E-state index contributed by atoms with van der Waals surface area (Å²) in [7, 11) is -3.80. The number of rotatable bonds is 3. The Bertz CT molecular complexity index is 1040. The highest BCUT2D eigenvalue weighted by molar-refractivity contribution is 7.86. The average molecular weight is 459 g/mol. The zero-order chi connectivity index (χ0) is 22.9. The Labute approximate surface area is 191 Å². The minimum absolute atomic E-state index is 0.000110. The van der Waals surface area contributed by atoms with Crippen LogP contribution in [0, 0.1) is 41.4 Å². The Morgan fingerprint density at radius 1 is 1.00 bits per heavy atom. The molecule has 6 heteroatoms. The van der Waals surface area contributed by atoms with Crippen molar-refractivity contribution in [1.82, 2.24) is 0 Å². The van der Waals surface area contributed by atoms with Gasteiger partial charge in [0.25, 0.3) is 10.1 Å². The molecular weight excluding hydrogens is 424 g/mol. The van der Waals surface area contributed by atoms with Crippen LogP contribution in [0.15, 0.2) is 29.2 Å². The molecule has 4 aliphatic carbocycles. The second-order valence-corrected chi connectivity index (χ2v) is 12.9. The van der Waals surface area contributed by atoms with E-state index < -0.39 is 15.5 Å². The number of carbonyl (C=O) groups excluding carboxylic acids is 2. The lowest BCUT2D eigenvalue weighted by molar-refractivity contribution is -0.161. The van der Waals surface area contributed by atoms with Crippen molar-refractivity contribution < 1.29 is 22.2 Å². The summed E-state index contributed by atoms with van der Waals surface area (Å²) in [6.45, 7) is 6.19. The molecule has 1 aromatic rings. The molecule has 0 N–H and O–H groups in total. The number of Topliss-reactive ketones (excluding diaryl/α,β-unsaturated/α-hetero) is 2. The maximum atomic E-state index is 13.4. The first-order valence-electron chi connectivity index (χ1n) is 12.1. The predicted octanol–water partition coefficient (Wildman–Crippen LogP) is 4.86. The van der Waals surface area contributed by atoms with E-state index in [1.54, 1.807) is 24.3 Å². The predicted molar refractivity (Wildman–Crippen MR) is 120 cm³/mol. The first kappa shape index (κ1) is 22.3. The summed E-state index contributed by atoms with van der Waals surface area (Å²) in [6.07, 6.45) is 5.66. The molecule has 0 unspecified atom stereocenters. The van der Waals surface area contributed by atoms with Crippen LogP contribution in [0.3, 0.4) is 0 Å². The molecule has 5 rings (SSSR count). The maximum Gasteiger partial charge on any atom is 0.297 e. The Morgan fingerprint density at radius 2 is 1.72 bits per heavy atom. The third-order valence-electron chi connectivity index (χ3n) is 9.59. The second-order valence-electron chi connectivity index (χ2n) is 11.3. The molecule has 0 spiro atoms. The molecule has 174 valence electrons. The van der Waals surface area contributed by atoms with E-state index in [9.17, 15) is 18.0 Å². The molecule has 5 nitrogen and oxygen atoms in total. The lowest BCUT2D eigenvalue weighted by Crippen LogP contribution is -2.57. The van der Waals surface area contributed by atoms with Crippen molar-refractivity contribution in [1.29, 1.82) is 0 Å². The molecular formula is C26H34O5S. The van der Waals surface area contributed by atoms with Gasteiger partial charge < -0.3 is 0 Å². The summed E-state index contributed by atoms with van der Waals surface area (Å²) in [5, 5.41) is 0. The van der Waals surface area contributed by atoms with Crippen molar-refractivity contribution in [2.24, 2.45) is 34.5 Å². The Hall–Kier alpha value is -1.53. The van der Waals surface area contributed by atoms with Crippen molar-refractivity contribution >= 4 is 21.7 Å². The van der Waals surface area contributed by atoms with Crippen LogP contribution in [-0.4, -0.2) is 26.1 Å². The molecule has 4 aliphatic rings. The Morgan fingerprint density at radius 3 is 2.44 bits per heavy atom. The van der Waals surface area contributed by atoms with Gasteiger partial charge in [0.05, 0.1) is 11.0 Å². The lowest BCUT2D eigenvalue weighted by Gasteiger charge is -2.59. The normalized spacial score (nSPS) is 41.7. The fourth-order valence-electron chi connectivity index (χ4n) is 7.84. The topological polar surface area (TPSA) is 77.5 Å². The first-order chi connectivity index (χ1) is 15.0. The fourth-order valence-corrected chi connectivity index (χ4v) is 8.95. The van der Waals surface area contributed by atoms with Gasteiger partial charge in [0, 0.05) is 24.2 Å². The van der Waals surface area contributed by atoms with Crippen LogP contribution in [0.2, 0.25) is 0 Å². The highest BCUT2D eigenvalue weighted by Gasteiger charge is 2.63. The van der Waals surface area contributed by atoms with Gasteiger partial charge in [0.1, 0.15) is 11.6 Å². The molecule has 0 radical (unpaired) electrons. The average Bonchev–Trinajstić information content (AvgIpc) is 3.02. The molecule has 4 fully saturated rings. The minimum Gasteiger partial charge on any atom is -0.299 e. The SMILES string of the molecule is Cc1ccc(S(=O)(=O)O[C@@H]2CC[C@@]3(C)[C@@H](CC[C@H]4[C@H]3C(=O)C[C@]3(C)C(=O)CC[C@H]43)C2)cc1. The molecule has 0 amide bonds. The Kier molecular flexibility index (Phi) is 5.21. The molecule has 0 heterocycles. The molecule has 0 aromatic heterocycles. The standard InChI is InChI=1S/C26H34O5S/c1-16-4-7-19(8-5-16)32(29,30)31-18-12-13-25(2)17(14-18)6-9-20-21-10-11-23(28)26(21,3)15-22(27)24(20)25/h4-5,7-8,17-18,20-21,24H,6,9-15H2,1-3H3/t17-,18+,20+,21+,24-,25-,26-/m0/s1. The van der Waals surface area contributed by atoms with Crippen molar-refractivity contribution in [3.8, 4) is 0 Å². The van der Waals surface area contributed by atoms with Gasteiger partial charge in [-0.3, -0.25) is 13.8 Å². The summed E-state index contributed by atoms with van der Waals surface area (Å²) < 4.78 is 31.3. The van der Waals surface area contributed by atoms with Crippen LogP contribution in [0.1, 0.15) is 70.8 Å². The van der Waals surface area contributed by atoms with Gasteiger partial charge in [-0.05, 0) is 80.8 Å². The van der Waals surface area contributed by atoms with E-state index in [0.29, 0.717) is 37.5 Å². The van der Waals surface area contributed by atoms with E-state index in [0.717, 1.165) is 31.2 Å². The second kappa shape index (κ2) is 7.49. The minimum atomic E-state index is -3.80.